The second kappa shape index (κ2) is 4.96. The maximum absolute atomic E-state index is 9.36. The van der Waals surface area contributed by atoms with Crippen LogP contribution in [0.25, 0.3) is 0 Å². The Bertz CT molecular complexity index is 300. The van der Waals surface area contributed by atoms with Crippen molar-refractivity contribution in [1.82, 2.24) is 4.90 Å². The predicted octanol–water partition coefficient (Wildman–Crippen LogP) is 2.32. The van der Waals surface area contributed by atoms with Gasteiger partial charge in [0.1, 0.15) is 0 Å². The molecule has 3 rings (SSSR count). The smallest absolute Gasteiger partial charge is 0.0707 e. The molecule has 3 heteroatoms. The molecule has 17 heavy (non-hydrogen) atoms. The number of fused-ring (bicyclic) bond motifs is 2. The summed E-state index contributed by atoms with van der Waals surface area (Å²) in [6.45, 7) is 2.14. The molecule has 2 heterocycles. The topological polar surface area (TPSA) is 36.3 Å². The maximum Gasteiger partial charge on any atom is 0.0707 e. The first kappa shape index (κ1) is 11.5. The van der Waals surface area contributed by atoms with Gasteiger partial charge >= 0.3 is 0 Å². The number of rotatable bonds is 1. The lowest BCUT2D eigenvalue weighted by atomic mass is 9.94. The fourth-order valence-electron chi connectivity index (χ4n) is 3.79. The van der Waals surface area contributed by atoms with Crippen molar-refractivity contribution in [2.24, 2.45) is 5.92 Å². The van der Waals surface area contributed by atoms with Gasteiger partial charge in [-0.3, -0.25) is 4.90 Å². The first-order chi connectivity index (χ1) is 8.36. The minimum Gasteiger partial charge on any atom is -0.372 e. The Morgan fingerprint density at radius 2 is 1.65 bits per heavy atom. The Kier molecular flexibility index (Phi) is 3.35. The zero-order valence-corrected chi connectivity index (χ0v) is 10.5. The van der Waals surface area contributed by atoms with Crippen molar-refractivity contribution in [2.75, 3.05) is 13.1 Å². The van der Waals surface area contributed by atoms with Crippen LogP contribution in [0.1, 0.15) is 44.9 Å². The molecule has 3 fully saturated rings. The fourth-order valence-corrected chi connectivity index (χ4v) is 3.79. The number of likely N-dealkylation sites (tertiary alicyclic amines) is 1. The lowest BCUT2D eigenvalue weighted by Crippen LogP contribution is -2.50. The minimum atomic E-state index is 0.259. The predicted molar refractivity (Wildman–Crippen MR) is 65.4 cm³/mol. The first-order valence-corrected chi connectivity index (χ1v) is 7.16. The van der Waals surface area contributed by atoms with Crippen molar-refractivity contribution in [3.63, 3.8) is 0 Å². The molecule has 0 aromatic carbocycles. The van der Waals surface area contributed by atoms with E-state index in [0.717, 1.165) is 19.5 Å². The van der Waals surface area contributed by atoms with E-state index in [1.165, 1.54) is 38.5 Å². The molecule has 4 atom stereocenters. The molecule has 94 valence electrons. The molecular weight excluding hydrogens is 212 g/mol. The second-order valence-corrected chi connectivity index (χ2v) is 5.85. The van der Waals surface area contributed by atoms with Gasteiger partial charge in [0.05, 0.1) is 24.2 Å². The van der Waals surface area contributed by atoms with Gasteiger partial charge < -0.3 is 4.74 Å². The molecule has 0 aromatic heterocycles. The van der Waals surface area contributed by atoms with E-state index < -0.39 is 0 Å². The Hall–Kier alpha value is -0.590. The molecule has 2 bridgehead atoms. The standard InChI is InChI=1S/C14H22N2O/c15-8-11-4-2-1-3-5-14(11)16-9-12-6-7-13(10-16)17-12/h11-14H,1-7,9-10H2. The average molecular weight is 234 g/mol. The highest BCUT2D eigenvalue weighted by atomic mass is 16.5. The second-order valence-electron chi connectivity index (χ2n) is 5.85. The number of hydrogen-bond acceptors (Lipinski definition) is 3. The molecule has 0 radical (unpaired) electrons. The van der Waals surface area contributed by atoms with Crippen LogP contribution >= 0.6 is 0 Å². The third-order valence-corrected chi connectivity index (χ3v) is 4.69. The molecule has 3 nitrogen and oxygen atoms in total. The highest BCUT2D eigenvalue weighted by molar-refractivity contribution is 4.98. The number of hydrogen-bond donors (Lipinski definition) is 0. The van der Waals surface area contributed by atoms with Crippen LogP contribution < -0.4 is 0 Å². The summed E-state index contributed by atoms with van der Waals surface area (Å²) in [7, 11) is 0. The molecule has 4 unspecified atom stereocenters. The van der Waals surface area contributed by atoms with Crippen LogP contribution in [0, 0.1) is 17.2 Å². The molecule has 0 spiro atoms. The van der Waals surface area contributed by atoms with Crippen molar-refractivity contribution in [1.29, 1.82) is 5.26 Å². The largest absolute Gasteiger partial charge is 0.372 e. The van der Waals surface area contributed by atoms with Crippen molar-refractivity contribution in [2.45, 2.75) is 63.2 Å². The third-order valence-electron chi connectivity index (χ3n) is 4.69. The molecule has 0 aromatic rings. The first-order valence-electron chi connectivity index (χ1n) is 7.16. The lowest BCUT2D eigenvalue weighted by Gasteiger charge is -2.39. The monoisotopic (exact) mass is 234 g/mol. The van der Waals surface area contributed by atoms with E-state index in [1.54, 1.807) is 0 Å². The van der Waals surface area contributed by atoms with Crippen LogP contribution in [0.4, 0.5) is 0 Å². The van der Waals surface area contributed by atoms with E-state index >= 15 is 0 Å². The summed E-state index contributed by atoms with van der Waals surface area (Å²) < 4.78 is 5.89. The average Bonchev–Trinajstić information content (AvgIpc) is 2.57. The number of nitrogens with zero attached hydrogens (tertiary/aromatic N) is 2. The number of ether oxygens (including phenoxy) is 1. The molecule has 1 aliphatic carbocycles. The van der Waals surface area contributed by atoms with Gasteiger partial charge in [0.2, 0.25) is 0 Å². The molecule has 0 N–H and O–H groups in total. The maximum atomic E-state index is 9.36. The van der Waals surface area contributed by atoms with Crippen molar-refractivity contribution in [3.8, 4) is 6.07 Å². The van der Waals surface area contributed by atoms with Crippen LogP contribution in [0.15, 0.2) is 0 Å². The van der Waals surface area contributed by atoms with E-state index in [1.807, 2.05) is 0 Å². The van der Waals surface area contributed by atoms with Crippen molar-refractivity contribution < 1.29 is 4.74 Å². The molecule has 3 aliphatic rings. The van der Waals surface area contributed by atoms with Crippen LogP contribution in [0.2, 0.25) is 0 Å². The van der Waals surface area contributed by atoms with Gasteiger partial charge in [0.25, 0.3) is 0 Å². The van der Waals surface area contributed by atoms with E-state index in [-0.39, 0.29) is 5.92 Å². The molecule has 1 saturated carbocycles. The summed E-state index contributed by atoms with van der Waals surface area (Å²) in [6, 6.07) is 3.07. The van der Waals surface area contributed by atoms with E-state index in [0.29, 0.717) is 18.2 Å². The fraction of sp³-hybridized carbons (Fsp3) is 0.929. The number of nitriles is 1. The lowest BCUT2D eigenvalue weighted by molar-refractivity contribution is -0.0587. The summed E-state index contributed by atoms with van der Waals surface area (Å²) in [5.41, 5.74) is 0. The Labute approximate surface area is 104 Å². The Morgan fingerprint density at radius 1 is 0.941 bits per heavy atom. The third kappa shape index (κ3) is 2.34. The van der Waals surface area contributed by atoms with Gasteiger partial charge in [-0.1, -0.05) is 19.3 Å². The molecular formula is C14H22N2O. The zero-order chi connectivity index (χ0) is 11.7. The van der Waals surface area contributed by atoms with Gasteiger partial charge in [-0.25, -0.2) is 0 Å². The van der Waals surface area contributed by atoms with Gasteiger partial charge in [-0.2, -0.15) is 5.26 Å². The highest BCUT2D eigenvalue weighted by Crippen LogP contribution is 2.33. The van der Waals surface area contributed by atoms with Gasteiger partial charge in [-0.05, 0) is 25.7 Å². The zero-order valence-electron chi connectivity index (χ0n) is 10.5. The summed E-state index contributed by atoms with van der Waals surface area (Å²) >= 11 is 0. The van der Waals surface area contributed by atoms with Crippen molar-refractivity contribution in [3.05, 3.63) is 0 Å². The minimum absolute atomic E-state index is 0.259. The Morgan fingerprint density at radius 3 is 2.35 bits per heavy atom. The van der Waals surface area contributed by atoms with E-state index in [2.05, 4.69) is 11.0 Å². The van der Waals surface area contributed by atoms with E-state index in [4.69, 9.17) is 4.74 Å². The molecule has 0 amide bonds. The summed E-state index contributed by atoms with van der Waals surface area (Å²) in [4.78, 5) is 2.57. The van der Waals surface area contributed by atoms with Crippen LogP contribution in [0.5, 0.6) is 0 Å². The van der Waals surface area contributed by atoms with Gasteiger partial charge in [-0.15, -0.1) is 0 Å². The van der Waals surface area contributed by atoms with Crippen molar-refractivity contribution >= 4 is 0 Å². The van der Waals surface area contributed by atoms with Crippen LogP contribution in [-0.4, -0.2) is 36.2 Å². The molecule has 2 saturated heterocycles. The quantitative estimate of drug-likeness (QED) is 0.653. The summed E-state index contributed by atoms with van der Waals surface area (Å²) in [6.07, 6.45) is 9.54. The SMILES string of the molecule is N#CC1CCCCCC1N1CC2CCC(C1)O2. The molecule has 2 aliphatic heterocycles. The van der Waals surface area contributed by atoms with Crippen LogP contribution in [-0.2, 0) is 4.74 Å². The summed E-state index contributed by atoms with van der Waals surface area (Å²) in [5, 5.41) is 9.36. The normalized spacial score (nSPS) is 43.0. The number of morpholine rings is 1. The van der Waals surface area contributed by atoms with Crippen LogP contribution in [0.3, 0.4) is 0 Å². The van der Waals surface area contributed by atoms with E-state index in [9.17, 15) is 5.26 Å². The van der Waals surface area contributed by atoms with Gasteiger partial charge in [0.15, 0.2) is 0 Å². The Balaban J connectivity index is 1.70. The summed E-state index contributed by atoms with van der Waals surface area (Å²) in [5.74, 6) is 0.259. The van der Waals surface area contributed by atoms with Gasteiger partial charge in [0, 0.05) is 19.1 Å². The highest BCUT2D eigenvalue weighted by Gasteiger charge is 2.39.